The molecule has 0 radical (unpaired) electrons. The predicted molar refractivity (Wildman–Crippen MR) is 112 cm³/mol. The lowest BCUT2D eigenvalue weighted by Crippen LogP contribution is -2.62. The van der Waals surface area contributed by atoms with Crippen LogP contribution in [-0.4, -0.2) is 51.2 Å². The molecule has 12 heteroatoms. The van der Waals surface area contributed by atoms with E-state index in [1.54, 1.807) is 4.90 Å². The molecule has 4 fully saturated rings. The molecular weight excluding hydrogens is 486 g/mol. The van der Waals surface area contributed by atoms with E-state index < -0.39 is 64.4 Å². The number of aromatic hydroxyl groups is 1. The van der Waals surface area contributed by atoms with E-state index in [1.165, 1.54) is 4.57 Å². The van der Waals surface area contributed by atoms with E-state index in [9.17, 15) is 37.1 Å². The molecule has 36 heavy (non-hydrogen) atoms. The molecule has 188 valence electrons. The average Bonchev–Trinajstić information content (AvgIpc) is 3.71. The van der Waals surface area contributed by atoms with Gasteiger partial charge in [-0.1, -0.05) is 6.07 Å². The Hall–Kier alpha value is -3.41. The minimum Gasteiger partial charge on any atom is -0.503 e. The normalized spacial score (nSPS) is 33.4. The maximum Gasteiger partial charge on any atom is 0.276 e. The number of nitrogens with zero attached hydrogens (tertiary/aromatic N) is 2. The molecule has 1 aromatic heterocycles. The third kappa shape index (κ3) is 2.65. The van der Waals surface area contributed by atoms with Gasteiger partial charge in [0.1, 0.15) is 23.2 Å². The molecule has 7 atom stereocenters. The lowest BCUT2D eigenvalue weighted by atomic mass is 9.76. The Kier molecular flexibility index (Phi) is 4.17. The molecule has 2 N–H and O–H groups in total. The Balaban J connectivity index is 1.21. The maximum atomic E-state index is 14.1. The van der Waals surface area contributed by atoms with Crippen LogP contribution in [0.2, 0.25) is 0 Å². The highest BCUT2D eigenvalue weighted by Gasteiger charge is 2.85. The van der Waals surface area contributed by atoms with Crippen LogP contribution >= 0.6 is 0 Å². The van der Waals surface area contributed by atoms with Crippen LogP contribution in [0, 0.1) is 28.9 Å². The highest BCUT2D eigenvalue weighted by atomic mass is 19.3. The molecule has 2 aromatic rings. The number of rotatable bonds is 4. The second-order valence-electron chi connectivity index (χ2n) is 10.2. The number of aromatic nitrogens is 1. The number of amides is 2. The SMILES string of the molecule is O=C(N[C@@H](c1ccc(F)cc1F)C(F)F)c1cn2c(c(O)c1=O)C(=O)N1C3C[C@]34C(O[C@@H]1C2)[C@@H]1C[C@@H]14. The topological polar surface area (TPSA) is 101 Å². The van der Waals surface area contributed by atoms with Crippen molar-refractivity contribution in [2.75, 3.05) is 0 Å². The van der Waals surface area contributed by atoms with Gasteiger partial charge in [0.25, 0.3) is 18.2 Å². The fourth-order valence-electron chi connectivity index (χ4n) is 6.78. The van der Waals surface area contributed by atoms with Crippen molar-refractivity contribution in [1.82, 2.24) is 14.8 Å². The minimum absolute atomic E-state index is 0.0128. The van der Waals surface area contributed by atoms with Crippen LogP contribution in [0.4, 0.5) is 17.6 Å². The maximum absolute atomic E-state index is 14.1. The lowest BCUT2D eigenvalue weighted by molar-refractivity contribution is -0.202. The van der Waals surface area contributed by atoms with E-state index in [-0.39, 0.29) is 29.8 Å². The van der Waals surface area contributed by atoms with Crippen LogP contribution in [0.1, 0.15) is 45.3 Å². The van der Waals surface area contributed by atoms with Crippen molar-refractivity contribution in [1.29, 1.82) is 0 Å². The average molecular weight is 505 g/mol. The Bertz CT molecular complexity index is 1430. The number of hydrogen-bond acceptors (Lipinski definition) is 5. The molecule has 5 aliphatic rings. The van der Waals surface area contributed by atoms with Gasteiger partial charge < -0.3 is 24.6 Å². The summed E-state index contributed by atoms with van der Waals surface area (Å²) in [7, 11) is 0. The van der Waals surface area contributed by atoms with Gasteiger partial charge in [0.05, 0.1) is 12.6 Å². The van der Waals surface area contributed by atoms with E-state index in [0.29, 0.717) is 17.9 Å². The molecule has 0 bridgehead atoms. The number of ether oxygens (including phenoxy) is 1. The summed E-state index contributed by atoms with van der Waals surface area (Å²) in [6.07, 6.45) is -0.961. The van der Waals surface area contributed by atoms with Crippen molar-refractivity contribution in [3.63, 3.8) is 0 Å². The van der Waals surface area contributed by atoms with Gasteiger partial charge in [-0.3, -0.25) is 14.4 Å². The summed E-state index contributed by atoms with van der Waals surface area (Å²) in [6, 6.07) is -0.260. The van der Waals surface area contributed by atoms with Crippen molar-refractivity contribution in [3.05, 3.63) is 63.1 Å². The summed E-state index contributed by atoms with van der Waals surface area (Å²) < 4.78 is 62.2. The minimum atomic E-state index is -3.29. The van der Waals surface area contributed by atoms with Gasteiger partial charge in [0.15, 0.2) is 17.7 Å². The first-order chi connectivity index (χ1) is 17.1. The van der Waals surface area contributed by atoms with Crippen molar-refractivity contribution in [3.8, 4) is 5.75 Å². The summed E-state index contributed by atoms with van der Waals surface area (Å²) in [4.78, 5) is 40.6. The molecule has 2 aliphatic heterocycles. The van der Waals surface area contributed by atoms with E-state index in [2.05, 4.69) is 0 Å². The summed E-state index contributed by atoms with van der Waals surface area (Å²) >= 11 is 0. The number of fused-ring (bicyclic) bond motifs is 5. The molecule has 2 amide bonds. The highest BCUT2D eigenvalue weighted by molar-refractivity contribution is 5.99. The Morgan fingerprint density at radius 2 is 2.03 bits per heavy atom. The summed E-state index contributed by atoms with van der Waals surface area (Å²) in [5.41, 5.74) is -2.90. The van der Waals surface area contributed by atoms with E-state index >= 15 is 0 Å². The van der Waals surface area contributed by atoms with Crippen LogP contribution in [0.25, 0.3) is 0 Å². The van der Waals surface area contributed by atoms with Crippen molar-refractivity contribution in [2.45, 2.75) is 50.2 Å². The van der Waals surface area contributed by atoms with Crippen LogP contribution in [0.5, 0.6) is 5.75 Å². The number of alkyl halides is 2. The third-order valence-corrected chi connectivity index (χ3v) is 8.53. The lowest BCUT2D eigenvalue weighted by Gasteiger charge is -2.50. The monoisotopic (exact) mass is 505 g/mol. The smallest absolute Gasteiger partial charge is 0.276 e. The standard InChI is InChI=1S/C24H19F4N3O5/c25-8-1-2-9(13(26)3-8)16(21(27)28)29-22(34)11-6-30-7-15-31(23(35)17(30)19(33)18(11)32)14-5-24(14)12-4-10(12)20(24)36-15/h1-3,6,10,12,14-16,20-21,33H,4-5,7H2,(H,29,34)/t10-,12+,14?,15-,16+,20?,24-/m1/s1. The molecule has 8 nitrogen and oxygen atoms in total. The van der Waals surface area contributed by atoms with Crippen molar-refractivity contribution < 1.29 is 37.0 Å². The molecule has 2 unspecified atom stereocenters. The fraction of sp³-hybridized carbons (Fsp3) is 0.458. The first-order valence-corrected chi connectivity index (χ1v) is 11.6. The molecule has 1 saturated heterocycles. The van der Waals surface area contributed by atoms with Gasteiger partial charge in [0, 0.05) is 29.3 Å². The van der Waals surface area contributed by atoms with Crippen molar-refractivity contribution >= 4 is 11.8 Å². The van der Waals surface area contributed by atoms with Crippen molar-refractivity contribution in [2.24, 2.45) is 17.3 Å². The number of carbonyl (C=O) groups is 2. The van der Waals surface area contributed by atoms with Crippen LogP contribution < -0.4 is 10.7 Å². The number of carbonyl (C=O) groups excluding carboxylic acids is 2. The Morgan fingerprint density at radius 1 is 1.25 bits per heavy atom. The van der Waals surface area contributed by atoms with Crippen LogP contribution in [0.3, 0.4) is 0 Å². The molecule has 3 aliphatic carbocycles. The second-order valence-corrected chi connectivity index (χ2v) is 10.2. The molecule has 7 rings (SSSR count). The number of nitrogens with one attached hydrogen (secondary N) is 1. The Labute approximate surface area is 200 Å². The van der Waals surface area contributed by atoms with Gasteiger partial charge in [-0.15, -0.1) is 0 Å². The first-order valence-electron chi connectivity index (χ1n) is 11.6. The van der Waals surface area contributed by atoms with Crippen LogP contribution in [0.15, 0.2) is 29.2 Å². The molecule has 3 saturated carbocycles. The quantitative estimate of drug-likeness (QED) is 0.621. The fourth-order valence-corrected chi connectivity index (χ4v) is 6.78. The third-order valence-electron chi connectivity index (χ3n) is 8.53. The first kappa shape index (κ1) is 21.8. The number of halogens is 4. The zero-order valence-corrected chi connectivity index (χ0v) is 18.5. The van der Waals surface area contributed by atoms with E-state index in [1.807, 2.05) is 5.32 Å². The van der Waals surface area contributed by atoms with Gasteiger partial charge in [-0.25, -0.2) is 17.6 Å². The predicted octanol–water partition coefficient (Wildman–Crippen LogP) is 2.16. The molecule has 1 spiro atoms. The largest absolute Gasteiger partial charge is 0.503 e. The summed E-state index contributed by atoms with van der Waals surface area (Å²) in [6.45, 7) is 0.0422. The second kappa shape index (κ2) is 6.87. The number of pyridine rings is 1. The van der Waals surface area contributed by atoms with Crippen LogP contribution in [-0.2, 0) is 11.3 Å². The van der Waals surface area contributed by atoms with Gasteiger partial charge in [-0.05, 0) is 30.7 Å². The van der Waals surface area contributed by atoms with E-state index in [4.69, 9.17) is 4.74 Å². The number of benzene rings is 1. The summed E-state index contributed by atoms with van der Waals surface area (Å²) in [5.74, 6) is -4.09. The van der Waals surface area contributed by atoms with E-state index in [0.717, 1.165) is 31.2 Å². The molecular formula is C24H19F4N3O5. The summed E-state index contributed by atoms with van der Waals surface area (Å²) in [5, 5.41) is 12.5. The van der Waals surface area contributed by atoms with Gasteiger partial charge >= 0.3 is 0 Å². The van der Waals surface area contributed by atoms with Gasteiger partial charge in [-0.2, -0.15) is 0 Å². The van der Waals surface area contributed by atoms with Gasteiger partial charge in [0.2, 0.25) is 5.43 Å². The zero-order chi connectivity index (χ0) is 25.3. The number of hydrogen-bond donors (Lipinski definition) is 2. The molecule has 3 heterocycles. The zero-order valence-electron chi connectivity index (χ0n) is 18.5. The molecule has 1 aromatic carbocycles. The Morgan fingerprint density at radius 3 is 2.75 bits per heavy atom. The highest BCUT2D eigenvalue weighted by Crippen LogP contribution is 2.81.